The minimum absolute atomic E-state index is 0.268. The monoisotopic (exact) mass is 315 g/mol. The Labute approximate surface area is 115 Å². The fourth-order valence-electron chi connectivity index (χ4n) is 2.26. The second-order valence-electron chi connectivity index (χ2n) is 4.39. The number of hydrogen-bond acceptors (Lipinski definition) is 4. The molecular weight excluding hydrogens is 298 g/mol. The van der Waals surface area contributed by atoms with E-state index in [1.807, 2.05) is 12.1 Å². The zero-order valence-electron chi connectivity index (χ0n) is 10.4. The molecule has 0 aliphatic heterocycles. The van der Waals surface area contributed by atoms with Gasteiger partial charge in [-0.2, -0.15) is 0 Å². The predicted molar refractivity (Wildman–Crippen MR) is 72.6 cm³/mol. The van der Waals surface area contributed by atoms with Gasteiger partial charge in [0.25, 0.3) is 0 Å². The summed E-state index contributed by atoms with van der Waals surface area (Å²) in [6.45, 7) is 0.292. The third kappa shape index (κ3) is 2.96. The van der Waals surface area contributed by atoms with Gasteiger partial charge in [-0.1, -0.05) is 15.9 Å². The first-order valence-corrected chi connectivity index (χ1v) is 6.89. The van der Waals surface area contributed by atoms with Crippen LogP contribution in [0.15, 0.2) is 16.6 Å². The summed E-state index contributed by atoms with van der Waals surface area (Å²) in [6, 6.07) is 3.79. The Hall–Kier alpha value is -0.780. The number of hydrogen-bond donors (Lipinski definition) is 1. The molecule has 0 heterocycles. The maximum atomic E-state index is 6.07. The van der Waals surface area contributed by atoms with Crippen molar-refractivity contribution in [1.82, 2.24) is 0 Å². The molecule has 1 aliphatic carbocycles. The van der Waals surface area contributed by atoms with Gasteiger partial charge in [-0.25, -0.2) is 5.90 Å². The molecule has 0 unspecified atom stereocenters. The lowest BCUT2D eigenvalue weighted by Crippen LogP contribution is -2.14. The molecule has 100 valence electrons. The van der Waals surface area contributed by atoms with Crippen LogP contribution in [0.4, 0.5) is 0 Å². The van der Waals surface area contributed by atoms with Gasteiger partial charge in [0.1, 0.15) is 0 Å². The minimum atomic E-state index is 0.268. The summed E-state index contributed by atoms with van der Waals surface area (Å²) in [5.41, 5.74) is 0.892. The second kappa shape index (κ2) is 6.41. The molecule has 1 aliphatic rings. The van der Waals surface area contributed by atoms with Crippen LogP contribution in [0.1, 0.15) is 31.2 Å². The Kier molecular flexibility index (Phi) is 4.86. The van der Waals surface area contributed by atoms with Crippen molar-refractivity contribution in [3.8, 4) is 11.5 Å². The molecule has 5 heteroatoms. The normalized spacial score (nSPS) is 15.9. The lowest BCUT2D eigenvalue weighted by Gasteiger charge is -2.19. The number of methoxy groups -OCH3 is 1. The highest BCUT2D eigenvalue weighted by atomic mass is 79.9. The van der Waals surface area contributed by atoms with Crippen LogP contribution in [0, 0.1) is 0 Å². The molecule has 0 amide bonds. The van der Waals surface area contributed by atoms with Crippen molar-refractivity contribution in [3.05, 3.63) is 22.2 Å². The first-order valence-electron chi connectivity index (χ1n) is 6.10. The molecule has 0 saturated heterocycles. The van der Waals surface area contributed by atoms with E-state index in [4.69, 9.17) is 20.2 Å². The van der Waals surface area contributed by atoms with Crippen LogP contribution < -0.4 is 15.4 Å². The smallest absolute Gasteiger partial charge is 0.168 e. The van der Waals surface area contributed by atoms with Gasteiger partial charge < -0.3 is 9.47 Å². The van der Waals surface area contributed by atoms with E-state index in [-0.39, 0.29) is 6.10 Å². The highest BCUT2D eigenvalue weighted by Crippen LogP contribution is 2.38. The maximum Gasteiger partial charge on any atom is 0.168 e. The predicted octanol–water partition coefficient (Wildman–Crippen LogP) is 3.17. The van der Waals surface area contributed by atoms with Gasteiger partial charge in [0.2, 0.25) is 0 Å². The molecule has 0 aromatic heterocycles. The van der Waals surface area contributed by atoms with Gasteiger partial charge in [0.15, 0.2) is 11.5 Å². The average molecular weight is 316 g/mol. The lowest BCUT2D eigenvalue weighted by molar-refractivity contribution is 0.117. The Morgan fingerprint density at radius 2 is 2.06 bits per heavy atom. The highest BCUT2D eigenvalue weighted by molar-refractivity contribution is 9.10. The van der Waals surface area contributed by atoms with Crippen molar-refractivity contribution in [3.63, 3.8) is 0 Å². The molecule has 1 aromatic carbocycles. The van der Waals surface area contributed by atoms with Crippen molar-refractivity contribution >= 4 is 15.9 Å². The SMILES string of the molecule is COc1ccc(Br)c(CON)c1OC1CCCC1. The summed E-state index contributed by atoms with van der Waals surface area (Å²) in [5.74, 6) is 6.64. The quantitative estimate of drug-likeness (QED) is 0.848. The van der Waals surface area contributed by atoms with E-state index in [1.165, 1.54) is 12.8 Å². The van der Waals surface area contributed by atoms with E-state index >= 15 is 0 Å². The Balaban J connectivity index is 2.30. The van der Waals surface area contributed by atoms with E-state index in [0.717, 1.165) is 34.4 Å². The fourth-order valence-corrected chi connectivity index (χ4v) is 2.69. The zero-order chi connectivity index (χ0) is 13.0. The van der Waals surface area contributed by atoms with Crippen molar-refractivity contribution in [1.29, 1.82) is 0 Å². The van der Waals surface area contributed by atoms with Gasteiger partial charge in [0, 0.05) is 10.0 Å². The number of rotatable bonds is 5. The van der Waals surface area contributed by atoms with Crippen molar-refractivity contribution in [2.24, 2.45) is 5.90 Å². The van der Waals surface area contributed by atoms with E-state index in [2.05, 4.69) is 15.9 Å². The lowest BCUT2D eigenvalue weighted by atomic mass is 10.2. The molecular formula is C13H18BrNO3. The molecule has 2 N–H and O–H groups in total. The minimum Gasteiger partial charge on any atom is -0.493 e. The maximum absolute atomic E-state index is 6.07. The molecule has 0 spiro atoms. The summed E-state index contributed by atoms with van der Waals surface area (Å²) in [5, 5.41) is 0. The summed E-state index contributed by atoms with van der Waals surface area (Å²) in [4.78, 5) is 4.75. The molecule has 18 heavy (non-hydrogen) atoms. The number of benzene rings is 1. The molecule has 0 atom stereocenters. The summed E-state index contributed by atoms with van der Waals surface area (Å²) in [6.07, 6.45) is 4.91. The van der Waals surface area contributed by atoms with Crippen LogP contribution in [-0.4, -0.2) is 13.2 Å². The average Bonchev–Trinajstić information content (AvgIpc) is 2.87. The van der Waals surface area contributed by atoms with Crippen LogP contribution in [-0.2, 0) is 11.4 Å². The standard InChI is InChI=1S/C13H18BrNO3/c1-16-12-7-6-11(14)10(8-17-15)13(12)18-9-4-2-3-5-9/h6-7,9H,2-5,8,15H2,1H3. The summed E-state index contributed by atoms with van der Waals surface area (Å²) >= 11 is 3.49. The molecule has 0 radical (unpaired) electrons. The van der Waals surface area contributed by atoms with E-state index < -0.39 is 0 Å². The topological polar surface area (TPSA) is 53.7 Å². The van der Waals surface area contributed by atoms with Crippen molar-refractivity contribution in [2.45, 2.75) is 38.4 Å². The van der Waals surface area contributed by atoms with Gasteiger partial charge in [-0.05, 0) is 37.8 Å². The van der Waals surface area contributed by atoms with E-state index in [1.54, 1.807) is 7.11 Å². The van der Waals surface area contributed by atoms with Gasteiger partial charge in [-0.15, -0.1) is 0 Å². The molecule has 2 rings (SSSR count). The fraction of sp³-hybridized carbons (Fsp3) is 0.538. The molecule has 1 fully saturated rings. The molecule has 4 nitrogen and oxygen atoms in total. The van der Waals surface area contributed by atoms with E-state index in [9.17, 15) is 0 Å². The number of ether oxygens (including phenoxy) is 2. The second-order valence-corrected chi connectivity index (χ2v) is 5.25. The Morgan fingerprint density at radius 1 is 1.33 bits per heavy atom. The summed E-state index contributed by atoms with van der Waals surface area (Å²) in [7, 11) is 1.64. The van der Waals surface area contributed by atoms with Crippen molar-refractivity contribution < 1.29 is 14.3 Å². The van der Waals surface area contributed by atoms with E-state index in [0.29, 0.717) is 6.61 Å². The molecule has 1 aromatic rings. The third-order valence-corrected chi connectivity index (χ3v) is 3.94. The van der Waals surface area contributed by atoms with Gasteiger partial charge in [0.05, 0.1) is 19.8 Å². The Bertz CT molecular complexity index is 405. The molecule has 0 bridgehead atoms. The molecule has 1 saturated carbocycles. The van der Waals surface area contributed by atoms with Gasteiger partial charge >= 0.3 is 0 Å². The number of nitrogens with two attached hydrogens (primary N) is 1. The van der Waals surface area contributed by atoms with Crippen LogP contribution in [0.5, 0.6) is 11.5 Å². The van der Waals surface area contributed by atoms with Crippen LogP contribution in [0.2, 0.25) is 0 Å². The zero-order valence-corrected chi connectivity index (χ0v) is 12.0. The third-order valence-electron chi connectivity index (χ3n) is 3.20. The Morgan fingerprint density at radius 3 is 2.67 bits per heavy atom. The van der Waals surface area contributed by atoms with Crippen LogP contribution in [0.3, 0.4) is 0 Å². The number of halogens is 1. The van der Waals surface area contributed by atoms with Gasteiger partial charge in [-0.3, -0.25) is 4.84 Å². The summed E-state index contributed by atoms with van der Waals surface area (Å²) < 4.78 is 12.3. The highest BCUT2D eigenvalue weighted by Gasteiger charge is 2.21. The first-order chi connectivity index (χ1) is 8.76. The first kappa shape index (κ1) is 13.6. The van der Waals surface area contributed by atoms with Crippen LogP contribution in [0.25, 0.3) is 0 Å². The largest absolute Gasteiger partial charge is 0.493 e. The van der Waals surface area contributed by atoms with Crippen LogP contribution >= 0.6 is 15.9 Å². The van der Waals surface area contributed by atoms with Crippen molar-refractivity contribution in [2.75, 3.05) is 7.11 Å².